The van der Waals surface area contributed by atoms with Crippen LogP contribution in [0.5, 0.6) is 5.75 Å². The molecule has 0 aliphatic carbocycles. The number of aromatic carboxylic acids is 1. The van der Waals surface area contributed by atoms with Gasteiger partial charge in [0, 0.05) is 5.69 Å². The van der Waals surface area contributed by atoms with Gasteiger partial charge in [0.15, 0.2) is 17.2 Å². The Morgan fingerprint density at radius 2 is 1.84 bits per heavy atom. The summed E-state index contributed by atoms with van der Waals surface area (Å²) in [5, 5.41) is 25.5. The van der Waals surface area contributed by atoms with Gasteiger partial charge in [-0.2, -0.15) is 0 Å². The molecule has 6 N–H and O–H groups in total. The number of nitrogens with two attached hydrogens (primary N) is 1. The monoisotopic (exact) mass is 601 g/mol. The number of carboxylic acids is 2. The molecule has 0 bridgehead atoms. The van der Waals surface area contributed by atoms with Gasteiger partial charge in [-0.05, 0) is 78.0 Å². The van der Waals surface area contributed by atoms with E-state index in [2.05, 4.69) is 26.6 Å². The molecule has 2 heterocycles. The summed E-state index contributed by atoms with van der Waals surface area (Å²) >= 11 is 4.37. The number of hydrogen-bond acceptors (Lipinski definition) is 7. The number of aryl methyl sites for hydroxylation is 1. The van der Waals surface area contributed by atoms with E-state index < -0.39 is 30.0 Å². The maximum atomic E-state index is 13.3. The zero-order chi connectivity index (χ0) is 27.4. The molecule has 11 heteroatoms. The highest BCUT2D eigenvalue weighted by molar-refractivity contribution is 9.10. The largest absolute Gasteiger partial charge is 0.479 e. The first-order valence-electron chi connectivity index (χ1n) is 12.0. The van der Waals surface area contributed by atoms with Crippen LogP contribution in [0.3, 0.4) is 0 Å². The number of carbonyl (C=O) groups excluding carboxylic acids is 1. The van der Waals surface area contributed by atoms with Gasteiger partial charge in [-0.3, -0.25) is 4.79 Å². The zero-order valence-corrected chi connectivity index (χ0v) is 23.0. The molecular weight excluding hydrogens is 574 g/mol. The van der Waals surface area contributed by atoms with Gasteiger partial charge in [0.05, 0.1) is 9.35 Å². The number of carbonyl (C=O) groups is 3. The van der Waals surface area contributed by atoms with Crippen molar-refractivity contribution in [3.63, 3.8) is 0 Å². The number of piperidine rings is 1. The molecule has 1 fully saturated rings. The predicted octanol–water partition coefficient (Wildman–Crippen LogP) is 4.44. The standard InChI is InChI=1S/C27H28BrN3O6S/c1-15-5-7-17(8-6-15)27(26(29)36,18-9-11-30-12-10-18)31-19-4-2-3-16(13-19)23-21(28)22(37-14-20(32)33)24(38-23)25(34)35/h2-8,13,18,30-31H,9-12,14H2,1H3,(H2,29,36)(H,32,33)(H,34,35). The Morgan fingerprint density at radius 3 is 2.45 bits per heavy atom. The smallest absolute Gasteiger partial charge is 0.349 e. The Hall–Kier alpha value is -3.41. The third-order valence-electron chi connectivity index (χ3n) is 6.66. The van der Waals surface area contributed by atoms with Crippen LogP contribution in [0.1, 0.15) is 33.6 Å². The number of anilines is 1. The molecule has 1 saturated heterocycles. The fraction of sp³-hybridized carbons (Fsp3) is 0.296. The molecule has 0 radical (unpaired) electrons. The van der Waals surface area contributed by atoms with Crippen molar-refractivity contribution in [2.24, 2.45) is 11.7 Å². The van der Waals surface area contributed by atoms with E-state index in [0.29, 0.717) is 20.6 Å². The molecule has 0 saturated carbocycles. The number of thiophene rings is 1. The predicted molar refractivity (Wildman–Crippen MR) is 149 cm³/mol. The number of primary amides is 1. The second-order valence-electron chi connectivity index (χ2n) is 9.16. The number of nitrogens with one attached hydrogen (secondary N) is 2. The average Bonchev–Trinajstić information content (AvgIpc) is 3.23. The van der Waals surface area contributed by atoms with Gasteiger partial charge >= 0.3 is 11.9 Å². The minimum Gasteiger partial charge on any atom is -0.479 e. The summed E-state index contributed by atoms with van der Waals surface area (Å²) in [6.07, 6.45) is 1.51. The van der Waals surface area contributed by atoms with Crippen LogP contribution in [-0.4, -0.2) is 47.8 Å². The van der Waals surface area contributed by atoms with Gasteiger partial charge in [0.2, 0.25) is 5.91 Å². The third-order valence-corrected chi connectivity index (χ3v) is 8.88. The zero-order valence-electron chi connectivity index (χ0n) is 20.6. The van der Waals surface area contributed by atoms with Crippen LogP contribution in [0.4, 0.5) is 5.69 Å². The Labute approximate surface area is 232 Å². The van der Waals surface area contributed by atoms with Gasteiger partial charge in [-0.25, -0.2) is 9.59 Å². The van der Waals surface area contributed by atoms with Crippen molar-refractivity contribution in [3.05, 3.63) is 69.0 Å². The molecular formula is C27H28BrN3O6S. The van der Waals surface area contributed by atoms with Crippen LogP contribution < -0.4 is 21.1 Å². The summed E-state index contributed by atoms with van der Waals surface area (Å²) in [6, 6.07) is 15.0. The maximum Gasteiger partial charge on any atom is 0.349 e. The molecule has 1 atom stereocenters. The van der Waals surface area contributed by atoms with Crippen molar-refractivity contribution < 1.29 is 29.3 Å². The Kier molecular flexibility index (Phi) is 8.39. The highest BCUT2D eigenvalue weighted by Crippen LogP contribution is 2.46. The number of benzene rings is 2. The fourth-order valence-electron chi connectivity index (χ4n) is 4.84. The van der Waals surface area contributed by atoms with Gasteiger partial charge in [0.1, 0.15) is 5.54 Å². The van der Waals surface area contributed by atoms with Gasteiger partial charge < -0.3 is 31.3 Å². The Balaban J connectivity index is 1.78. The summed E-state index contributed by atoms with van der Waals surface area (Å²) in [5.74, 6) is -3.03. The number of rotatable bonds is 10. The molecule has 1 aliphatic heterocycles. The van der Waals surface area contributed by atoms with Crippen LogP contribution in [-0.2, 0) is 15.1 Å². The maximum absolute atomic E-state index is 13.3. The van der Waals surface area contributed by atoms with Crippen LogP contribution in [0.25, 0.3) is 10.4 Å². The number of aliphatic carboxylic acids is 1. The van der Waals surface area contributed by atoms with Crippen molar-refractivity contribution in [1.29, 1.82) is 0 Å². The Morgan fingerprint density at radius 1 is 1.16 bits per heavy atom. The quantitative estimate of drug-likeness (QED) is 0.229. The van der Waals surface area contributed by atoms with Crippen LogP contribution in [0.2, 0.25) is 0 Å². The molecule has 1 aliphatic rings. The lowest BCUT2D eigenvalue weighted by Crippen LogP contribution is -2.55. The summed E-state index contributed by atoms with van der Waals surface area (Å²) in [6.45, 7) is 2.85. The lowest BCUT2D eigenvalue weighted by molar-refractivity contribution is -0.139. The second kappa shape index (κ2) is 11.5. The van der Waals surface area contributed by atoms with E-state index in [-0.39, 0.29) is 16.5 Å². The second-order valence-corrected chi connectivity index (χ2v) is 11.0. The van der Waals surface area contributed by atoms with Crippen molar-refractivity contribution in [1.82, 2.24) is 5.32 Å². The topological polar surface area (TPSA) is 151 Å². The van der Waals surface area contributed by atoms with Crippen molar-refractivity contribution in [3.8, 4) is 16.2 Å². The van der Waals surface area contributed by atoms with Crippen molar-refractivity contribution in [2.75, 3.05) is 25.0 Å². The minimum atomic E-state index is -1.23. The first-order valence-corrected chi connectivity index (χ1v) is 13.6. The lowest BCUT2D eigenvalue weighted by Gasteiger charge is -2.42. The molecule has 3 aromatic rings. The van der Waals surface area contributed by atoms with Crippen molar-refractivity contribution >= 4 is 50.8 Å². The molecule has 1 unspecified atom stereocenters. The van der Waals surface area contributed by atoms with E-state index in [9.17, 15) is 19.5 Å². The lowest BCUT2D eigenvalue weighted by atomic mass is 9.72. The molecule has 9 nitrogen and oxygen atoms in total. The van der Waals surface area contributed by atoms with E-state index >= 15 is 0 Å². The molecule has 2 aromatic carbocycles. The number of ether oxygens (including phenoxy) is 1. The Bertz CT molecular complexity index is 1350. The van der Waals surface area contributed by atoms with Crippen molar-refractivity contribution in [2.45, 2.75) is 25.3 Å². The minimum absolute atomic E-state index is 0.0425. The number of hydrogen-bond donors (Lipinski definition) is 5. The summed E-state index contributed by atoms with van der Waals surface area (Å²) in [7, 11) is 0. The highest BCUT2D eigenvalue weighted by atomic mass is 79.9. The summed E-state index contributed by atoms with van der Waals surface area (Å²) in [5.41, 5.74) is 8.12. The van der Waals surface area contributed by atoms with Crippen LogP contribution in [0, 0.1) is 12.8 Å². The molecule has 200 valence electrons. The molecule has 0 spiro atoms. The molecule has 4 rings (SSSR count). The van der Waals surface area contributed by atoms with Gasteiger partial charge in [-0.15, -0.1) is 11.3 Å². The molecule has 1 amide bonds. The molecule has 38 heavy (non-hydrogen) atoms. The fourth-order valence-corrected chi connectivity index (χ4v) is 6.73. The number of amides is 1. The SMILES string of the molecule is Cc1ccc(C(Nc2cccc(-c3sc(C(=O)O)c(OCC(=O)O)c3Br)c2)(C(N)=O)C2CCNCC2)cc1. The van der Waals surface area contributed by atoms with E-state index in [0.717, 1.165) is 48.4 Å². The highest BCUT2D eigenvalue weighted by Gasteiger charge is 2.46. The summed E-state index contributed by atoms with van der Waals surface area (Å²) in [4.78, 5) is 36.6. The first-order chi connectivity index (χ1) is 18.1. The van der Waals surface area contributed by atoms with Crippen LogP contribution >= 0.6 is 27.3 Å². The third kappa shape index (κ3) is 5.54. The van der Waals surface area contributed by atoms with E-state index in [1.807, 2.05) is 43.3 Å². The van der Waals surface area contributed by atoms with Gasteiger partial charge in [0.25, 0.3) is 0 Å². The van der Waals surface area contributed by atoms with E-state index in [4.69, 9.17) is 15.6 Å². The van der Waals surface area contributed by atoms with Crippen LogP contribution in [0.15, 0.2) is 53.0 Å². The van der Waals surface area contributed by atoms with E-state index in [1.165, 1.54) is 0 Å². The van der Waals surface area contributed by atoms with Gasteiger partial charge in [-0.1, -0.05) is 42.0 Å². The first kappa shape index (κ1) is 27.6. The summed E-state index contributed by atoms with van der Waals surface area (Å²) < 4.78 is 5.63. The number of halogens is 1. The van der Waals surface area contributed by atoms with E-state index in [1.54, 1.807) is 12.1 Å². The normalized spacial score (nSPS) is 15.4. The average molecular weight is 603 g/mol. The number of carboxylic acid groups (broad SMARTS) is 2. The molecule has 1 aromatic heterocycles.